The van der Waals surface area contributed by atoms with Crippen LogP contribution < -0.4 is 9.52 Å². The molecule has 0 saturated heterocycles. The number of thiazole rings is 1. The lowest BCUT2D eigenvalue weighted by Gasteiger charge is -2.10. The van der Waals surface area contributed by atoms with Gasteiger partial charge in [-0.2, -0.15) is 0 Å². The molecule has 0 spiro atoms. The van der Waals surface area contributed by atoms with Gasteiger partial charge < -0.3 is 4.57 Å². The van der Waals surface area contributed by atoms with Crippen LogP contribution in [0.2, 0.25) is 5.02 Å². The molecule has 5 nitrogen and oxygen atoms in total. The second-order valence-electron chi connectivity index (χ2n) is 6.45. The first-order valence-corrected chi connectivity index (χ1v) is 11.2. The summed E-state index contributed by atoms with van der Waals surface area (Å²) in [4.78, 5) is 5.59. The fourth-order valence-corrected chi connectivity index (χ4v) is 5.45. The number of rotatable bonds is 5. The molecule has 0 radical (unpaired) electrons. The number of halogens is 1. The zero-order valence-corrected chi connectivity index (χ0v) is 17.0. The Balaban J connectivity index is 1.74. The molecule has 4 rings (SSSR count). The van der Waals surface area contributed by atoms with Crippen molar-refractivity contribution in [1.29, 1.82) is 0 Å². The Hall–Kier alpha value is -1.93. The third-order valence-electron chi connectivity index (χ3n) is 4.32. The summed E-state index contributed by atoms with van der Waals surface area (Å²) in [7, 11) is -1.71. The SMILES string of the molecule is Cn1c(-c2ccc(Cl)c(S(=O)(=O)NC3CC3)c2)csc1=Nc1ccccc1. The van der Waals surface area contributed by atoms with Crippen LogP contribution in [-0.2, 0) is 17.1 Å². The first kappa shape index (κ1) is 18.4. The molecular formula is C19H18ClN3O2S2. The Kier molecular flexibility index (Phi) is 4.94. The molecule has 0 bridgehead atoms. The van der Waals surface area contributed by atoms with E-state index in [-0.39, 0.29) is 16.0 Å². The smallest absolute Gasteiger partial charge is 0.242 e. The maximum atomic E-state index is 12.6. The number of sulfonamides is 1. The molecule has 1 heterocycles. The van der Waals surface area contributed by atoms with Crippen LogP contribution in [0, 0.1) is 0 Å². The highest BCUT2D eigenvalue weighted by Crippen LogP contribution is 2.30. The second kappa shape index (κ2) is 7.24. The Morgan fingerprint density at radius 2 is 1.93 bits per heavy atom. The lowest BCUT2D eigenvalue weighted by molar-refractivity contribution is 0.581. The zero-order valence-electron chi connectivity index (χ0n) is 14.6. The summed E-state index contributed by atoms with van der Waals surface area (Å²) < 4.78 is 29.8. The number of hydrogen-bond acceptors (Lipinski definition) is 4. The van der Waals surface area contributed by atoms with E-state index in [1.54, 1.807) is 12.1 Å². The Morgan fingerprint density at radius 1 is 1.19 bits per heavy atom. The minimum absolute atomic E-state index is 0.0308. The molecule has 140 valence electrons. The van der Waals surface area contributed by atoms with Crippen LogP contribution >= 0.6 is 22.9 Å². The van der Waals surface area contributed by atoms with Crippen molar-refractivity contribution in [3.05, 3.63) is 63.7 Å². The number of hydrogen-bond donors (Lipinski definition) is 1. The Bertz CT molecular complexity index is 1150. The molecule has 0 atom stereocenters. The molecule has 0 aliphatic heterocycles. The van der Waals surface area contributed by atoms with Crippen molar-refractivity contribution in [1.82, 2.24) is 9.29 Å². The summed E-state index contributed by atoms with van der Waals surface area (Å²) in [6.45, 7) is 0. The zero-order chi connectivity index (χ0) is 19.0. The molecule has 8 heteroatoms. The summed E-state index contributed by atoms with van der Waals surface area (Å²) >= 11 is 7.68. The van der Waals surface area contributed by atoms with E-state index < -0.39 is 10.0 Å². The number of benzene rings is 2. The van der Waals surface area contributed by atoms with Gasteiger partial charge in [0.05, 0.1) is 16.4 Å². The van der Waals surface area contributed by atoms with E-state index in [0.29, 0.717) is 0 Å². The minimum Gasteiger partial charge on any atom is -0.320 e. The minimum atomic E-state index is -3.62. The van der Waals surface area contributed by atoms with Crippen LogP contribution in [0.5, 0.6) is 0 Å². The van der Waals surface area contributed by atoms with E-state index >= 15 is 0 Å². The van der Waals surface area contributed by atoms with Gasteiger partial charge >= 0.3 is 0 Å². The van der Waals surface area contributed by atoms with Crippen molar-refractivity contribution in [3.63, 3.8) is 0 Å². The standard InChI is InChI=1S/C19H18ClN3O2S2/c1-23-17(12-26-19(23)21-14-5-3-2-4-6-14)13-7-10-16(20)18(11-13)27(24,25)22-15-8-9-15/h2-7,10-12,15,22H,8-9H2,1H3. The van der Waals surface area contributed by atoms with Gasteiger partial charge in [0.15, 0.2) is 4.80 Å². The molecule has 0 amide bonds. The van der Waals surface area contributed by atoms with Crippen LogP contribution in [0.15, 0.2) is 63.8 Å². The number of nitrogens with one attached hydrogen (secondary N) is 1. The molecule has 3 aromatic rings. The van der Waals surface area contributed by atoms with Crippen molar-refractivity contribution >= 4 is 38.6 Å². The normalized spacial score (nSPS) is 15.3. The summed E-state index contributed by atoms with van der Waals surface area (Å²) in [5, 5.41) is 2.19. The highest BCUT2D eigenvalue weighted by Gasteiger charge is 2.29. The number of nitrogens with zero attached hydrogens (tertiary/aromatic N) is 2. The summed E-state index contributed by atoms with van der Waals surface area (Å²) in [5.41, 5.74) is 2.53. The average Bonchev–Trinajstić information content (AvgIpc) is 3.38. The maximum absolute atomic E-state index is 12.6. The van der Waals surface area contributed by atoms with Gasteiger partial charge in [-0.25, -0.2) is 18.1 Å². The van der Waals surface area contributed by atoms with E-state index in [9.17, 15) is 8.42 Å². The van der Waals surface area contributed by atoms with E-state index in [2.05, 4.69) is 9.71 Å². The lowest BCUT2D eigenvalue weighted by Crippen LogP contribution is -2.26. The summed E-state index contributed by atoms with van der Waals surface area (Å²) in [5.74, 6) is 0. The van der Waals surface area contributed by atoms with Gasteiger partial charge in [0.1, 0.15) is 4.90 Å². The first-order valence-electron chi connectivity index (χ1n) is 8.50. The topological polar surface area (TPSA) is 63.5 Å². The molecule has 0 unspecified atom stereocenters. The molecule has 2 aromatic carbocycles. The number of aromatic nitrogens is 1. The van der Waals surface area contributed by atoms with Gasteiger partial charge in [-0.3, -0.25) is 0 Å². The summed E-state index contributed by atoms with van der Waals surface area (Å²) in [6.07, 6.45) is 1.75. The third-order valence-corrected chi connectivity index (χ3v) is 7.24. The molecule has 27 heavy (non-hydrogen) atoms. The third kappa shape index (κ3) is 4.01. The Labute approximate surface area is 167 Å². The lowest BCUT2D eigenvalue weighted by atomic mass is 10.2. The van der Waals surface area contributed by atoms with Gasteiger partial charge in [0.2, 0.25) is 10.0 Å². The molecule has 1 aromatic heterocycles. The van der Waals surface area contributed by atoms with Gasteiger partial charge in [-0.15, -0.1) is 11.3 Å². The quantitative estimate of drug-likeness (QED) is 0.677. The van der Waals surface area contributed by atoms with Crippen molar-refractivity contribution in [2.75, 3.05) is 0 Å². The second-order valence-corrected chi connectivity index (χ2v) is 9.38. The molecular weight excluding hydrogens is 402 g/mol. The highest BCUT2D eigenvalue weighted by molar-refractivity contribution is 7.89. The highest BCUT2D eigenvalue weighted by atomic mass is 35.5. The predicted molar refractivity (Wildman–Crippen MR) is 109 cm³/mol. The van der Waals surface area contributed by atoms with Crippen LogP contribution in [0.4, 0.5) is 5.69 Å². The van der Waals surface area contributed by atoms with E-state index in [1.807, 2.05) is 53.4 Å². The van der Waals surface area contributed by atoms with Crippen LogP contribution in [-0.4, -0.2) is 19.0 Å². The molecule has 1 aliphatic carbocycles. The van der Waals surface area contributed by atoms with Crippen LogP contribution in [0.3, 0.4) is 0 Å². The first-order chi connectivity index (χ1) is 12.9. The van der Waals surface area contributed by atoms with Gasteiger partial charge in [-0.05, 0) is 37.1 Å². The van der Waals surface area contributed by atoms with Gasteiger partial charge in [0, 0.05) is 24.0 Å². The van der Waals surface area contributed by atoms with Crippen LogP contribution in [0.1, 0.15) is 12.8 Å². The fraction of sp³-hybridized carbons (Fsp3) is 0.211. The monoisotopic (exact) mass is 419 g/mol. The number of para-hydroxylation sites is 1. The van der Waals surface area contributed by atoms with Crippen molar-refractivity contribution in [2.24, 2.45) is 12.0 Å². The fourth-order valence-electron chi connectivity index (χ4n) is 2.70. The van der Waals surface area contributed by atoms with Crippen molar-refractivity contribution in [3.8, 4) is 11.3 Å². The largest absolute Gasteiger partial charge is 0.320 e. The molecule has 1 fully saturated rings. The van der Waals surface area contributed by atoms with Gasteiger partial charge in [-0.1, -0.05) is 35.9 Å². The van der Waals surface area contributed by atoms with E-state index in [0.717, 1.165) is 34.6 Å². The van der Waals surface area contributed by atoms with Gasteiger partial charge in [0.25, 0.3) is 0 Å². The molecule has 1 saturated carbocycles. The average molecular weight is 420 g/mol. The predicted octanol–water partition coefficient (Wildman–Crippen LogP) is 4.08. The van der Waals surface area contributed by atoms with Crippen molar-refractivity contribution in [2.45, 2.75) is 23.8 Å². The summed E-state index contributed by atoms with van der Waals surface area (Å²) in [6, 6.07) is 14.8. The maximum Gasteiger partial charge on any atom is 0.242 e. The molecule has 1 N–H and O–H groups in total. The van der Waals surface area contributed by atoms with Crippen molar-refractivity contribution < 1.29 is 8.42 Å². The van der Waals surface area contributed by atoms with Crippen LogP contribution in [0.25, 0.3) is 11.3 Å². The Morgan fingerprint density at radius 3 is 2.63 bits per heavy atom. The van der Waals surface area contributed by atoms with E-state index in [4.69, 9.17) is 11.6 Å². The molecule has 1 aliphatic rings. The van der Waals surface area contributed by atoms with E-state index in [1.165, 1.54) is 11.3 Å².